The molecule has 0 radical (unpaired) electrons. The summed E-state index contributed by atoms with van der Waals surface area (Å²) in [5.74, 6) is -0.959. The maximum Gasteiger partial charge on any atom is 0.404 e. The molecule has 1 fully saturated rings. The Bertz CT molecular complexity index is 811. The number of fused-ring (bicyclic) bond motifs is 1. The molecule has 1 aliphatic rings. The molecule has 2 amide bonds. The number of hydrogen-bond donors (Lipinski definition) is 5. The van der Waals surface area contributed by atoms with E-state index in [0.717, 1.165) is 29.3 Å². The smallest absolute Gasteiger partial charge is 0.404 e. The monoisotopic (exact) mass is 371 g/mol. The van der Waals surface area contributed by atoms with Gasteiger partial charge < -0.3 is 26.2 Å². The maximum absolute atomic E-state index is 12.9. The van der Waals surface area contributed by atoms with Crippen molar-refractivity contribution in [1.82, 2.24) is 16.0 Å². The van der Waals surface area contributed by atoms with Gasteiger partial charge in [0.05, 0.1) is 18.1 Å². The fraction of sp³-hybridized carbons (Fsp3) is 0.400. The van der Waals surface area contributed by atoms with Crippen LogP contribution in [0.4, 0.5) is 4.79 Å². The lowest BCUT2D eigenvalue weighted by atomic mass is 9.94. The molecule has 2 aromatic rings. The average Bonchev–Trinajstić information content (AvgIpc) is 2.86. The van der Waals surface area contributed by atoms with E-state index >= 15 is 0 Å². The van der Waals surface area contributed by atoms with E-state index in [1.807, 2.05) is 42.5 Å². The van der Waals surface area contributed by atoms with Crippen LogP contribution >= 0.6 is 0 Å². The van der Waals surface area contributed by atoms with E-state index in [2.05, 4.69) is 16.0 Å². The van der Waals surface area contributed by atoms with Crippen LogP contribution in [-0.4, -0.2) is 54.0 Å². The predicted octanol–water partition coefficient (Wildman–Crippen LogP) is 1.42. The summed E-state index contributed by atoms with van der Waals surface area (Å²) in [5, 5.41) is 29.6. The lowest BCUT2D eigenvalue weighted by Crippen LogP contribution is -2.48. The van der Waals surface area contributed by atoms with E-state index in [1.165, 1.54) is 0 Å². The molecule has 5 N–H and O–H groups in total. The van der Waals surface area contributed by atoms with Crippen molar-refractivity contribution in [3.05, 3.63) is 48.0 Å². The Labute approximate surface area is 157 Å². The van der Waals surface area contributed by atoms with E-state index in [1.54, 1.807) is 0 Å². The first-order valence-electron chi connectivity index (χ1n) is 9.19. The van der Waals surface area contributed by atoms with E-state index in [-0.39, 0.29) is 18.5 Å². The molecule has 2 unspecified atom stereocenters. The first-order chi connectivity index (χ1) is 13.0. The molecular weight excluding hydrogens is 346 g/mol. The highest BCUT2D eigenvalue weighted by molar-refractivity contribution is 5.88. The van der Waals surface area contributed by atoms with Gasteiger partial charge in [0.15, 0.2) is 0 Å². The minimum Gasteiger partial charge on any atom is -0.465 e. The summed E-state index contributed by atoms with van der Waals surface area (Å²) in [4.78, 5) is 23.9. The SMILES string of the molecule is O=C(O)NC[C@H](C(=O)NC1CCCNCC1O)c1ccc2ccccc2c1. The number of aliphatic hydroxyl groups is 1. The summed E-state index contributed by atoms with van der Waals surface area (Å²) in [6, 6.07) is 13.1. The molecule has 0 aliphatic carbocycles. The van der Waals surface area contributed by atoms with Gasteiger partial charge in [-0.1, -0.05) is 42.5 Å². The summed E-state index contributed by atoms with van der Waals surface area (Å²) < 4.78 is 0. The fourth-order valence-electron chi connectivity index (χ4n) is 3.46. The molecule has 27 heavy (non-hydrogen) atoms. The molecule has 0 spiro atoms. The van der Waals surface area contributed by atoms with Crippen molar-refractivity contribution in [2.45, 2.75) is 30.9 Å². The van der Waals surface area contributed by atoms with E-state index in [9.17, 15) is 14.7 Å². The second kappa shape index (κ2) is 8.83. The topological polar surface area (TPSA) is 111 Å². The molecule has 1 saturated heterocycles. The van der Waals surface area contributed by atoms with Crippen molar-refractivity contribution in [3.63, 3.8) is 0 Å². The van der Waals surface area contributed by atoms with Crippen LogP contribution < -0.4 is 16.0 Å². The van der Waals surface area contributed by atoms with Crippen LogP contribution in [-0.2, 0) is 4.79 Å². The van der Waals surface area contributed by atoms with Gasteiger partial charge in [0.1, 0.15) is 0 Å². The molecule has 3 rings (SSSR count). The third-order valence-electron chi connectivity index (χ3n) is 4.96. The molecule has 7 heteroatoms. The van der Waals surface area contributed by atoms with Crippen LogP contribution in [0.1, 0.15) is 24.3 Å². The van der Waals surface area contributed by atoms with Crippen LogP contribution in [0.15, 0.2) is 42.5 Å². The Hall–Kier alpha value is -2.64. The minimum absolute atomic E-state index is 0.0272. The molecule has 0 saturated carbocycles. The number of hydrogen-bond acceptors (Lipinski definition) is 4. The Morgan fingerprint density at radius 1 is 1.19 bits per heavy atom. The van der Waals surface area contributed by atoms with Gasteiger partial charge in [0.2, 0.25) is 5.91 Å². The van der Waals surface area contributed by atoms with Gasteiger partial charge in [0.25, 0.3) is 0 Å². The second-order valence-corrected chi connectivity index (χ2v) is 6.87. The molecule has 2 aromatic carbocycles. The summed E-state index contributed by atoms with van der Waals surface area (Å²) in [6.07, 6.45) is -0.305. The number of carbonyl (C=O) groups is 2. The van der Waals surface area contributed by atoms with Gasteiger partial charge in [-0.2, -0.15) is 0 Å². The zero-order valence-corrected chi connectivity index (χ0v) is 15.0. The maximum atomic E-state index is 12.9. The first kappa shape index (κ1) is 19.1. The Morgan fingerprint density at radius 3 is 2.74 bits per heavy atom. The van der Waals surface area contributed by atoms with E-state index in [4.69, 9.17) is 5.11 Å². The van der Waals surface area contributed by atoms with Crippen LogP contribution in [0.3, 0.4) is 0 Å². The van der Waals surface area contributed by atoms with Gasteiger partial charge in [-0.15, -0.1) is 0 Å². The third kappa shape index (κ3) is 4.96. The first-order valence-corrected chi connectivity index (χ1v) is 9.19. The third-order valence-corrected chi connectivity index (χ3v) is 4.96. The van der Waals surface area contributed by atoms with Crippen LogP contribution in [0.5, 0.6) is 0 Å². The second-order valence-electron chi connectivity index (χ2n) is 6.87. The quantitative estimate of drug-likeness (QED) is 0.546. The van der Waals surface area contributed by atoms with Crippen molar-refractivity contribution in [2.75, 3.05) is 19.6 Å². The molecule has 1 aliphatic heterocycles. The molecule has 3 atom stereocenters. The van der Waals surface area contributed by atoms with Crippen LogP contribution in [0.2, 0.25) is 0 Å². The molecule has 144 valence electrons. The Kier molecular flexibility index (Phi) is 6.26. The summed E-state index contributed by atoms with van der Waals surface area (Å²) in [6.45, 7) is 1.21. The summed E-state index contributed by atoms with van der Waals surface area (Å²) in [7, 11) is 0. The van der Waals surface area contributed by atoms with Crippen LogP contribution in [0.25, 0.3) is 10.8 Å². The number of amides is 2. The van der Waals surface area contributed by atoms with Crippen molar-refractivity contribution in [1.29, 1.82) is 0 Å². The highest BCUT2D eigenvalue weighted by Gasteiger charge is 2.28. The molecule has 0 bridgehead atoms. The highest BCUT2D eigenvalue weighted by atomic mass is 16.4. The predicted molar refractivity (Wildman–Crippen MR) is 103 cm³/mol. The number of aliphatic hydroxyl groups excluding tert-OH is 1. The molecule has 7 nitrogen and oxygen atoms in total. The van der Waals surface area contributed by atoms with E-state index < -0.39 is 18.1 Å². The number of rotatable bonds is 5. The summed E-state index contributed by atoms with van der Waals surface area (Å²) in [5.41, 5.74) is 0.737. The molecule has 0 aromatic heterocycles. The summed E-state index contributed by atoms with van der Waals surface area (Å²) >= 11 is 0. The van der Waals surface area contributed by atoms with E-state index in [0.29, 0.717) is 13.0 Å². The normalized spacial score (nSPS) is 21.2. The van der Waals surface area contributed by atoms with Gasteiger partial charge in [0, 0.05) is 13.1 Å². The van der Waals surface area contributed by atoms with Crippen molar-refractivity contribution in [3.8, 4) is 0 Å². The van der Waals surface area contributed by atoms with Gasteiger partial charge in [-0.3, -0.25) is 4.79 Å². The largest absolute Gasteiger partial charge is 0.465 e. The lowest BCUT2D eigenvalue weighted by molar-refractivity contribution is -0.124. The number of carbonyl (C=O) groups excluding carboxylic acids is 1. The minimum atomic E-state index is -1.17. The zero-order chi connectivity index (χ0) is 19.2. The lowest BCUT2D eigenvalue weighted by Gasteiger charge is -2.25. The number of nitrogens with one attached hydrogen (secondary N) is 3. The highest BCUT2D eigenvalue weighted by Crippen LogP contribution is 2.22. The Balaban J connectivity index is 1.82. The molecule has 1 heterocycles. The zero-order valence-electron chi connectivity index (χ0n) is 15.0. The standard InChI is InChI=1S/C20H25N3O4/c24-18-12-21-9-3-6-17(18)23-19(25)16(11-22-20(26)27)15-8-7-13-4-1-2-5-14(13)10-15/h1-2,4-5,7-8,10,16-18,21-22,24H,3,6,9,11-12H2,(H,23,25)(H,26,27)/t16-,17?,18?/m0/s1. The van der Waals surface area contributed by atoms with Crippen molar-refractivity contribution >= 4 is 22.8 Å². The van der Waals surface area contributed by atoms with Gasteiger partial charge >= 0.3 is 6.09 Å². The van der Waals surface area contributed by atoms with Crippen molar-refractivity contribution in [2.24, 2.45) is 0 Å². The number of benzene rings is 2. The number of carboxylic acid groups (broad SMARTS) is 1. The van der Waals surface area contributed by atoms with Crippen molar-refractivity contribution < 1.29 is 19.8 Å². The fourth-order valence-corrected chi connectivity index (χ4v) is 3.46. The van der Waals surface area contributed by atoms with Crippen LogP contribution in [0, 0.1) is 0 Å². The molecular formula is C20H25N3O4. The van der Waals surface area contributed by atoms with Gasteiger partial charge in [-0.25, -0.2) is 4.79 Å². The number of β-amino-alcohol motifs (C(OH)–C–C–N with tert-alkyl or cyclic N) is 1. The average molecular weight is 371 g/mol. The van der Waals surface area contributed by atoms with Gasteiger partial charge in [-0.05, 0) is 35.7 Å². The Morgan fingerprint density at radius 2 is 1.96 bits per heavy atom.